The highest BCUT2D eigenvalue weighted by molar-refractivity contribution is 14.1. The highest BCUT2D eigenvalue weighted by Gasteiger charge is 2.02. The molecule has 0 aliphatic heterocycles. The van der Waals surface area contributed by atoms with Gasteiger partial charge in [-0.2, -0.15) is 0 Å². The number of rotatable bonds is 2. The van der Waals surface area contributed by atoms with Gasteiger partial charge in [-0.15, -0.1) is 0 Å². The van der Waals surface area contributed by atoms with E-state index in [0.29, 0.717) is 5.69 Å². The predicted molar refractivity (Wildman–Crippen MR) is 62.1 cm³/mol. The second kappa shape index (κ2) is 3.91. The number of hydrogen-bond donors (Lipinski definition) is 1. The summed E-state index contributed by atoms with van der Waals surface area (Å²) in [5.74, 6) is 0.727. The number of halogens is 1. The minimum atomic E-state index is 0.430. The molecule has 0 spiro atoms. The van der Waals surface area contributed by atoms with Gasteiger partial charge >= 0.3 is 0 Å². The highest BCUT2D eigenvalue weighted by Crippen LogP contribution is 2.17. The van der Waals surface area contributed by atoms with Gasteiger partial charge in [0, 0.05) is 15.3 Å². The zero-order chi connectivity index (χ0) is 9.97. The van der Waals surface area contributed by atoms with Crippen LogP contribution in [0.5, 0.6) is 0 Å². The van der Waals surface area contributed by atoms with Crippen LogP contribution in [0.2, 0.25) is 0 Å². The van der Waals surface area contributed by atoms with Gasteiger partial charge < -0.3 is 4.98 Å². The summed E-state index contributed by atoms with van der Waals surface area (Å²) >= 11 is 2.24. The summed E-state index contributed by atoms with van der Waals surface area (Å²) in [6.07, 6.45) is 2.33. The molecule has 0 aliphatic rings. The summed E-state index contributed by atoms with van der Waals surface area (Å²) < 4.78 is 1.14. The van der Waals surface area contributed by atoms with Crippen molar-refractivity contribution in [2.45, 2.75) is 0 Å². The third kappa shape index (κ3) is 1.84. The van der Waals surface area contributed by atoms with Gasteiger partial charge in [0.15, 0.2) is 6.29 Å². The Bertz CT molecular complexity index is 465. The van der Waals surface area contributed by atoms with E-state index in [1.807, 2.05) is 24.3 Å². The lowest BCUT2D eigenvalue weighted by molar-refractivity contribution is 0.111. The molecule has 0 aliphatic carbocycles. The first kappa shape index (κ1) is 9.39. The van der Waals surface area contributed by atoms with Crippen LogP contribution in [0, 0.1) is 3.57 Å². The van der Waals surface area contributed by atoms with Gasteiger partial charge in [0.05, 0.1) is 0 Å². The Labute approximate surface area is 94.7 Å². The molecule has 0 fully saturated rings. The van der Waals surface area contributed by atoms with Gasteiger partial charge in [0.1, 0.15) is 11.5 Å². The molecule has 0 saturated carbocycles. The lowest BCUT2D eigenvalue weighted by Gasteiger charge is -1.96. The molecule has 1 aromatic carbocycles. The smallest absolute Gasteiger partial charge is 0.170 e. The summed E-state index contributed by atoms with van der Waals surface area (Å²) in [5.41, 5.74) is 1.42. The maximum absolute atomic E-state index is 10.4. The normalized spacial score (nSPS) is 10.1. The Morgan fingerprint density at radius 2 is 2.29 bits per heavy atom. The van der Waals surface area contributed by atoms with Crippen molar-refractivity contribution < 1.29 is 4.79 Å². The minimum absolute atomic E-state index is 0.430. The fourth-order valence-corrected chi connectivity index (χ4v) is 1.72. The second-order valence-corrected chi connectivity index (χ2v) is 4.05. The van der Waals surface area contributed by atoms with Gasteiger partial charge in [0.25, 0.3) is 0 Å². The largest absolute Gasteiger partial charge is 0.344 e. The minimum Gasteiger partial charge on any atom is -0.344 e. The molecule has 0 unspecified atom stereocenters. The third-order valence-electron chi connectivity index (χ3n) is 1.82. The monoisotopic (exact) mass is 298 g/mol. The number of benzene rings is 1. The quantitative estimate of drug-likeness (QED) is 0.684. The van der Waals surface area contributed by atoms with Crippen molar-refractivity contribution in [3.8, 4) is 11.4 Å². The Hall–Kier alpha value is -1.17. The van der Waals surface area contributed by atoms with Gasteiger partial charge in [0.2, 0.25) is 0 Å². The zero-order valence-corrected chi connectivity index (χ0v) is 9.36. The predicted octanol–water partition coefficient (Wildman–Crippen LogP) is 2.49. The Morgan fingerprint density at radius 1 is 1.43 bits per heavy atom. The Kier molecular flexibility index (Phi) is 2.62. The first-order chi connectivity index (χ1) is 6.79. The number of carbonyl (C=O) groups is 1. The number of H-pyrrole nitrogens is 1. The van der Waals surface area contributed by atoms with Crippen molar-refractivity contribution in [3.63, 3.8) is 0 Å². The molecule has 2 aromatic rings. The zero-order valence-electron chi connectivity index (χ0n) is 7.20. The molecular formula is C10H7IN2O. The van der Waals surface area contributed by atoms with Gasteiger partial charge in [-0.05, 0) is 34.7 Å². The van der Waals surface area contributed by atoms with Gasteiger partial charge in [-0.1, -0.05) is 12.1 Å². The van der Waals surface area contributed by atoms with Crippen molar-refractivity contribution >= 4 is 28.9 Å². The Morgan fingerprint density at radius 3 is 2.93 bits per heavy atom. The first-order valence-corrected chi connectivity index (χ1v) is 5.14. The molecule has 0 atom stereocenters. The molecule has 3 nitrogen and oxygen atoms in total. The number of imidazole rings is 1. The van der Waals surface area contributed by atoms with Gasteiger partial charge in [-0.25, -0.2) is 4.98 Å². The van der Waals surface area contributed by atoms with Crippen LogP contribution in [0.1, 0.15) is 10.5 Å². The number of hydrogen-bond acceptors (Lipinski definition) is 2. The number of carbonyl (C=O) groups excluding carboxylic acids is 1. The average molecular weight is 298 g/mol. The van der Waals surface area contributed by atoms with E-state index in [9.17, 15) is 4.79 Å². The Balaban J connectivity index is 2.43. The molecule has 2 rings (SSSR count). The lowest BCUT2D eigenvalue weighted by atomic mass is 10.2. The molecule has 0 saturated heterocycles. The number of nitrogens with zero attached hydrogens (tertiary/aromatic N) is 1. The standard InChI is InChI=1S/C10H7IN2O/c11-8-3-1-2-7(4-8)10-12-5-9(6-14)13-10/h1-6H,(H,12,13). The van der Waals surface area contributed by atoms with Crippen LogP contribution in [-0.4, -0.2) is 16.3 Å². The molecule has 70 valence electrons. The third-order valence-corrected chi connectivity index (χ3v) is 2.49. The van der Waals surface area contributed by atoms with Crippen molar-refractivity contribution in [2.24, 2.45) is 0 Å². The van der Waals surface area contributed by atoms with E-state index >= 15 is 0 Å². The maximum atomic E-state index is 10.4. The van der Waals surface area contributed by atoms with E-state index < -0.39 is 0 Å². The van der Waals surface area contributed by atoms with E-state index in [1.54, 1.807) is 6.20 Å². The van der Waals surface area contributed by atoms with Gasteiger partial charge in [-0.3, -0.25) is 4.79 Å². The molecule has 0 amide bonds. The molecule has 1 N–H and O–H groups in total. The van der Waals surface area contributed by atoms with Crippen LogP contribution < -0.4 is 0 Å². The topological polar surface area (TPSA) is 45.8 Å². The average Bonchev–Trinajstić information content (AvgIpc) is 2.66. The number of aromatic nitrogens is 2. The number of aromatic amines is 1. The van der Waals surface area contributed by atoms with Crippen molar-refractivity contribution in [2.75, 3.05) is 0 Å². The summed E-state index contributed by atoms with van der Waals surface area (Å²) in [7, 11) is 0. The van der Waals surface area contributed by atoms with Crippen LogP contribution >= 0.6 is 22.6 Å². The summed E-state index contributed by atoms with van der Waals surface area (Å²) in [5, 5.41) is 0. The fraction of sp³-hybridized carbons (Fsp3) is 0. The molecule has 14 heavy (non-hydrogen) atoms. The maximum Gasteiger partial charge on any atom is 0.170 e. The highest BCUT2D eigenvalue weighted by atomic mass is 127. The van der Waals surface area contributed by atoms with Crippen LogP contribution in [0.25, 0.3) is 11.4 Å². The van der Waals surface area contributed by atoms with E-state index in [2.05, 4.69) is 32.6 Å². The van der Waals surface area contributed by atoms with Crippen molar-refractivity contribution in [1.29, 1.82) is 0 Å². The van der Waals surface area contributed by atoms with E-state index in [0.717, 1.165) is 21.2 Å². The molecule has 1 aromatic heterocycles. The van der Waals surface area contributed by atoms with Crippen LogP contribution in [-0.2, 0) is 0 Å². The first-order valence-electron chi connectivity index (χ1n) is 4.06. The van der Waals surface area contributed by atoms with E-state index in [4.69, 9.17) is 0 Å². The second-order valence-electron chi connectivity index (χ2n) is 2.80. The van der Waals surface area contributed by atoms with E-state index in [1.165, 1.54) is 0 Å². The molecule has 4 heteroatoms. The van der Waals surface area contributed by atoms with E-state index in [-0.39, 0.29) is 0 Å². The summed E-state index contributed by atoms with van der Waals surface area (Å²) in [6, 6.07) is 7.93. The van der Waals surface area contributed by atoms with Crippen LogP contribution in [0.4, 0.5) is 0 Å². The van der Waals surface area contributed by atoms with Crippen molar-refractivity contribution in [1.82, 2.24) is 9.97 Å². The van der Waals surface area contributed by atoms with Crippen LogP contribution in [0.3, 0.4) is 0 Å². The molecule has 1 heterocycles. The van der Waals surface area contributed by atoms with Crippen molar-refractivity contribution in [3.05, 3.63) is 39.7 Å². The number of nitrogens with one attached hydrogen (secondary N) is 1. The van der Waals surface area contributed by atoms with Crippen LogP contribution in [0.15, 0.2) is 30.5 Å². The molecular weight excluding hydrogens is 291 g/mol. The summed E-state index contributed by atoms with van der Waals surface area (Å²) in [6.45, 7) is 0. The number of aldehydes is 1. The lowest BCUT2D eigenvalue weighted by Crippen LogP contribution is -1.82. The molecule has 0 bridgehead atoms. The SMILES string of the molecule is O=Cc1c[nH]c(-c2cccc(I)c2)n1. The molecule has 0 radical (unpaired) electrons. The fourth-order valence-electron chi connectivity index (χ4n) is 1.18. The summed E-state index contributed by atoms with van der Waals surface area (Å²) in [4.78, 5) is 17.5.